The topological polar surface area (TPSA) is 18.5 Å². The van der Waals surface area contributed by atoms with Gasteiger partial charge in [-0.05, 0) is 6.42 Å². The van der Waals surface area contributed by atoms with Crippen molar-refractivity contribution in [2.24, 2.45) is 0 Å². The van der Waals surface area contributed by atoms with Crippen LogP contribution in [0.4, 0.5) is 0 Å². The molecule has 1 saturated heterocycles. The first-order valence-electron chi connectivity index (χ1n) is 4.43. The van der Waals surface area contributed by atoms with Gasteiger partial charge in [-0.1, -0.05) is 0 Å². The Bertz CT molecular complexity index is 237. The van der Waals surface area contributed by atoms with Gasteiger partial charge in [0.2, 0.25) is 0 Å². The van der Waals surface area contributed by atoms with Crippen LogP contribution in [0.3, 0.4) is 0 Å². The summed E-state index contributed by atoms with van der Waals surface area (Å²) >= 11 is 4.25. The van der Waals surface area contributed by atoms with Crippen molar-refractivity contribution in [3.8, 4) is 0 Å². The van der Waals surface area contributed by atoms with Crippen molar-refractivity contribution in [3.05, 3.63) is 35.9 Å². The number of benzene rings is 1. The molecular weight excluding hydrogens is 297 g/mol. The summed E-state index contributed by atoms with van der Waals surface area (Å²) in [5.74, 6) is 0. The standard InChI is InChI=1S/C10H11O2.BrH.Zn/c1-2-5-9(6-3-1)10-11-7-4-8-12-10;;/h2-3,5-6,10H,4,7-8H2;1H;/q-1;;+2/p-1. The van der Waals surface area contributed by atoms with Crippen LogP contribution in [-0.4, -0.2) is 13.2 Å². The minimum absolute atomic E-state index is 0.159. The Morgan fingerprint density at radius 1 is 1.21 bits per heavy atom. The summed E-state index contributed by atoms with van der Waals surface area (Å²) in [6.45, 7) is 1.59. The first-order valence-corrected chi connectivity index (χ1v) is 11.4. The van der Waals surface area contributed by atoms with Gasteiger partial charge in [-0.2, -0.15) is 30.3 Å². The average molecular weight is 308 g/mol. The summed E-state index contributed by atoms with van der Waals surface area (Å²) < 4.78 is 10.9. The summed E-state index contributed by atoms with van der Waals surface area (Å²) in [5.41, 5.74) is 1.08. The van der Waals surface area contributed by atoms with Crippen LogP contribution in [0, 0.1) is 6.07 Å². The predicted octanol–water partition coefficient (Wildman–Crippen LogP) is 2.77. The molecule has 0 spiro atoms. The van der Waals surface area contributed by atoms with E-state index < -0.39 is 0 Å². The quantitative estimate of drug-likeness (QED) is 0.587. The monoisotopic (exact) mass is 306 g/mol. The van der Waals surface area contributed by atoms with Crippen LogP contribution in [0.5, 0.6) is 0 Å². The summed E-state index contributed by atoms with van der Waals surface area (Å²) in [7, 11) is 0. The van der Waals surface area contributed by atoms with Gasteiger partial charge >= 0.3 is 30.0 Å². The largest absolute Gasteiger partial charge is 0.350 e. The van der Waals surface area contributed by atoms with E-state index in [0.717, 1.165) is 25.2 Å². The number of rotatable bonds is 1. The maximum atomic E-state index is 5.43. The van der Waals surface area contributed by atoms with Crippen molar-refractivity contribution in [1.29, 1.82) is 0 Å². The van der Waals surface area contributed by atoms with Gasteiger partial charge in [-0.3, -0.25) is 0 Å². The van der Waals surface area contributed by atoms with E-state index in [9.17, 15) is 0 Å². The molecule has 0 aromatic heterocycles. The van der Waals surface area contributed by atoms with Crippen LogP contribution in [0.25, 0.3) is 0 Å². The van der Waals surface area contributed by atoms with Gasteiger partial charge in [0.15, 0.2) is 6.29 Å². The van der Waals surface area contributed by atoms with Gasteiger partial charge in [0.25, 0.3) is 0 Å². The first-order chi connectivity index (χ1) is 6.97. The molecule has 14 heavy (non-hydrogen) atoms. The Hall–Kier alpha value is 0.243. The van der Waals surface area contributed by atoms with E-state index in [0.29, 0.717) is 0 Å². The molecule has 0 amide bonds. The van der Waals surface area contributed by atoms with E-state index in [4.69, 9.17) is 9.47 Å². The molecular formula is C10H11BrO2Zn. The molecule has 1 aliphatic rings. The maximum Gasteiger partial charge on any atom is 0.161 e. The molecule has 2 nitrogen and oxygen atoms in total. The zero-order chi connectivity index (χ0) is 10.2. The zero-order valence-corrected chi connectivity index (χ0v) is 12.5. The molecule has 0 radical (unpaired) electrons. The Kier molecular flexibility index (Phi) is 6.62. The Morgan fingerprint density at radius 3 is 2.36 bits per heavy atom. The second kappa shape index (κ2) is 7.52. The van der Waals surface area contributed by atoms with Gasteiger partial charge in [0.1, 0.15) is 0 Å². The van der Waals surface area contributed by atoms with Crippen LogP contribution < -0.4 is 0 Å². The first kappa shape index (κ1) is 12.3. The molecule has 0 bridgehead atoms. The van der Waals surface area contributed by atoms with Gasteiger partial charge in [-0.25, -0.2) is 0 Å². The molecule has 2 rings (SSSR count). The van der Waals surface area contributed by atoms with E-state index in [1.807, 2.05) is 24.3 Å². The molecule has 0 N–H and O–H groups in total. The third kappa shape index (κ3) is 3.78. The van der Waals surface area contributed by atoms with Crippen molar-refractivity contribution in [2.75, 3.05) is 13.2 Å². The van der Waals surface area contributed by atoms with Crippen molar-refractivity contribution in [2.45, 2.75) is 12.7 Å². The molecule has 1 aliphatic heterocycles. The molecule has 0 unspecified atom stereocenters. The maximum absolute atomic E-state index is 5.43. The van der Waals surface area contributed by atoms with Crippen molar-refractivity contribution in [1.82, 2.24) is 0 Å². The number of halogens is 1. The van der Waals surface area contributed by atoms with E-state index >= 15 is 0 Å². The van der Waals surface area contributed by atoms with Gasteiger partial charge in [0.05, 0.1) is 13.2 Å². The molecule has 1 aromatic carbocycles. The molecule has 4 heteroatoms. The number of hydrogen-bond acceptors (Lipinski definition) is 2. The molecule has 1 fully saturated rings. The van der Waals surface area contributed by atoms with Crippen LogP contribution in [-0.2, 0) is 25.8 Å². The summed E-state index contributed by atoms with van der Waals surface area (Å²) in [6.07, 6.45) is 0.837. The average Bonchev–Trinajstić information content (AvgIpc) is 2.34. The Balaban J connectivity index is 0.000000461. The minimum Gasteiger partial charge on any atom is -0.350 e. The van der Waals surface area contributed by atoms with Crippen LogP contribution in [0.1, 0.15) is 18.3 Å². The number of ether oxygens (including phenoxy) is 2. The third-order valence-electron chi connectivity index (χ3n) is 1.84. The SMILES string of the molecule is [Zn+][Br].[c-]1ccc(C2OCCCO2)cc1. The van der Waals surface area contributed by atoms with Crippen LogP contribution in [0.2, 0.25) is 0 Å². The summed E-state index contributed by atoms with van der Waals surface area (Å²) in [6, 6.07) is 10.6. The van der Waals surface area contributed by atoms with Crippen molar-refractivity contribution in [3.63, 3.8) is 0 Å². The fourth-order valence-corrected chi connectivity index (χ4v) is 1.24. The number of hydrogen-bond donors (Lipinski definition) is 0. The predicted molar refractivity (Wildman–Crippen MR) is 53.5 cm³/mol. The van der Waals surface area contributed by atoms with Gasteiger partial charge < -0.3 is 9.47 Å². The minimum atomic E-state index is -0.159. The second-order valence-electron chi connectivity index (χ2n) is 2.76. The van der Waals surface area contributed by atoms with E-state index in [-0.39, 0.29) is 6.29 Å². The molecule has 1 heterocycles. The van der Waals surface area contributed by atoms with Crippen LogP contribution in [0.15, 0.2) is 24.3 Å². The summed E-state index contributed by atoms with van der Waals surface area (Å²) in [5, 5.41) is 0. The Labute approximate surface area is 101 Å². The van der Waals surface area contributed by atoms with Crippen LogP contribution >= 0.6 is 13.6 Å². The summed E-state index contributed by atoms with van der Waals surface area (Å²) in [4.78, 5) is 0. The smallest absolute Gasteiger partial charge is 0.161 e. The Morgan fingerprint density at radius 2 is 1.79 bits per heavy atom. The van der Waals surface area contributed by atoms with E-state index in [1.54, 1.807) is 0 Å². The molecule has 0 saturated carbocycles. The van der Waals surface area contributed by atoms with E-state index in [2.05, 4.69) is 19.7 Å². The molecule has 72 valence electrons. The van der Waals surface area contributed by atoms with E-state index in [1.165, 1.54) is 16.3 Å². The normalized spacial score (nSPS) is 17.1. The molecule has 0 aliphatic carbocycles. The molecule has 0 atom stereocenters. The fourth-order valence-electron chi connectivity index (χ4n) is 1.24. The van der Waals surface area contributed by atoms with Crippen molar-refractivity contribution >= 4 is 13.6 Å². The van der Waals surface area contributed by atoms with Gasteiger partial charge in [0, 0.05) is 0 Å². The zero-order valence-electron chi connectivity index (χ0n) is 7.91. The molecule has 1 aromatic rings. The van der Waals surface area contributed by atoms with Gasteiger partial charge in [-0.15, -0.1) is 5.56 Å². The fraction of sp³-hybridized carbons (Fsp3) is 0.400. The van der Waals surface area contributed by atoms with Crippen molar-refractivity contribution < 1.29 is 25.8 Å². The third-order valence-corrected chi connectivity index (χ3v) is 1.84. The second-order valence-corrected chi connectivity index (χ2v) is 2.76.